The predicted octanol–water partition coefficient (Wildman–Crippen LogP) is 1.83. The van der Waals surface area contributed by atoms with Crippen LogP contribution in [0.25, 0.3) is 0 Å². The number of anilines is 1. The van der Waals surface area contributed by atoms with E-state index in [-0.39, 0.29) is 17.8 Å². The first-order valence-corrected chi connectivity index (χ1v) is 7.13. The number of furan rings is 1. The van der Waals surface area contributed by atoms with Gasteiger partial charge in [0.15, 0.2) is 0 Å². The minimum Gasteiger partial charge on any atom is -0.469 e. The molecule has 2 aromatic rings. The molecule has 1 aliphatic rings. The molecule has 0 bridgehead atoms. The number of nitrogens with two attached hydrogens (primary N) is 1. The van der Waals surface area contributed by atoms with Crippen LogP contribution in [0.5, 0.6) is 0 Å². The second kappa shape index (κ2) is 5.59. The third kappa shape index (κ3) is 2.63. The van der Waals surface area contributed by atoms with E-state index >= 15 is 0 Å². The van der Waals surface area contributed by atoms with Gasteiger partial charge in [0.05, 0.1) is 17.7 Å². The van der Waals surface area contributed by atoms with Crippen LogP contribution in [0.2, 0.25) is 0 Å². The van der Waals surface area contributed by atoms with Crippen molar-refractivity contribution in [2.75, 3.05) is 18.8 Å². The van der Waals surface area contributed by atoms with Crippen molar-refractivity contribution in [2.24, 2.45) is 0 Å². The number of likely N-dealkylation sites (tertiary alicyclic amines) is 1. The van der Waals surface area contributed by atoms with Gasteiger partial charge in [-0.3, -0.25) is 4.79 Å². The SMILES string of the molecule is CCc1occc1C(=O)N1CCCC(c2nnc(N)o2)C1. The molecule has 0 spiro atoms. The van der Waals surface area contributed by atoms with Crippen LogP contribution in [-0.2, 0) is 6.42 Å². The highest BCUT2D eigenvalue weighted by Crippen LogP contribution is 2.27. The molecule has 0 saturated carbocycles. The van der Waals surface area contributed by atoms with Crippen molar-refractivity contribution in [1.29, 1.82) is 0 Å². The minimum absolute atomic E-state index is 0.00205. The van der Waals surface area contributed by atoms with Crippen molar-refractivity contribution in [3.05, 3.63) is 29.5 Å². The van der Waals surface area contributed by atoms with Gasteiger partial charge >= 0.3 is 6.01 Å². The first-order valence-electron chi connectivity index (χ1n) is 7.13. The molecule has 1 atom stereocenters. The molecule has 2 aromatic heterocycles. The van der Waals surface area contributed by atoms with Crippen LogP contribution in [0.4, 0.5) is 6.01 Å². The lowest BCUT2D eigenvalue weighted by atomic mass is 9.97. The van der Waals surface area contributed by atoms with Gasteiger partial charge in [-0.05, 0) is 18.9 Å². The summed E-state index contributed by atoms with van der Waals surface area (Å²) in [5.74, 6) is 1.28. The number of hydrogen-bond donors (Lipinski definition) is 1. The molecule has 1 aliphatic heterocycles. The van der Waals surface area contributed by atoms with Crippen LogP contribution in [0.15, 0.2) is 21.2 Å². The number of amides is 1. The molecule has 0 radical (unpaired) electrons. The zero-order chi connectivity index (χ0) is 14.8. The Morgan fingerprint density at radius 1 is 1.52 bits per heavy atom. The smallest absolute Gasteiger partial charge is 0.312 e. The molecule has 7 nitrogen and oxygen atoms in total. The van der Waals surface area contributed by atoms with Crippen molar-refractivity contribution in [2.45, 2.75) is 32.1 Å². The van der Waals surface area contributed by atoms with Crippen LogP contribution in [0, 0.1) is 0 Å². The highest BCUT2D eigenvalue weighted by atomic mass is 16.4. The molecule has 1 saturated heterocycles. The fourth-order valence-corrected chi connectivity index (χ4v) is 2.75. The number of nitrogen functional groups attached to an aromatic ring is 1. The minimum atomic E-state index is -0.00205. The summed E-state index contributed by atoms with van der Waals surface area (Å²) in [5.41, 5.74) is 6.10. The fraction of sp³-hybridized carbons (Fsp3) is 0.500. The van der Waals surface area contributed by atoms with E-state index in [1.54, 1.807) is 12.3 Å². The number of piperidine rings is 1. The van der Waals surface area contributed by atoms with Crippen molar-refractivity contribution >= 4 is 11.9 Å². The largest absolute Gasteiger partial charge is 0.469 e. The average Bonchev–Trinajstić information content (AvgIpc) is 3.15. The Balaban J connectivity index is 1.75. The number of rotatable bonds is 3. The molecule has 0 aromatic carbocycles. The van der Waals surface area contributed by atoms with Crippen LogP contribution >= 0.6 is 0 Å². The molecule has 7 heteroatoms. The second-order valence-electron chi connectivity index (χ2n) is 5.18. The van der Waals surface area contributed by atoms with Gasteiger partial charge < -0.3 is 19.5 Å². The molecule has 3 heterocycles. The average molecular weight is 290 g/mol. The third-order valence-corrected chi connectivity index (χ3v) is 3.81. The molecule has 112 valence electrons. The molecule has 3 rings (SSSR count). The Morgan fingerprint density at radius 2 is 2.38 bits per heavy atom. The van der Waals surface area contributed by atoms with E-state index in [2.05, 4.69) is 10.2 Å². The fourth-order valence-electron chi connectivity index (χ4n) is 2.75. The summed E-state index contributed by atoms with van der Waals surface area (Å²) in [6, 6.07) is 1.80. The van der Waals surface area contributed by atoms with Gasteiger partial charge in [-0.25, -0.2) is 0 Å². The molecule has 1 amide bonds. The lowest BCUT2D eigenvalue weighted by Gasteiger charge is -2.31. The maximum atomic E-state index is 12.6. The molecule has 1 fully saturated rings. The van der Waals surface area contributed by atoms with Crippen LogP contribution < -0.4 is 5.73 Å². The van der Waals surface area contributed by atoms with Gasteiger partial charge in [-0.2, -0.15) is 0 Å². The number of nitrogens with zero attached hydrogens (tertiary/aromatic N) is 3. The summed E-state index contributed by atoms with van der Waals surface area (Å²) < 4.78 is 10.6. The van der Waals surface area contributed by atoms with E-state index in [1.165, 1.54) is 0 Å². The van der Waals surface area contributed by atoms with Gasteiger partial charge in [-0.15, -0.1) is 5.10 Å². The lowest BCUT2D eigenvalue weighted by Crippen LogP contribution is -2.39. The number of carbonyl (C=O) groups excluding carboxylic acids is 1. The summed E-state index contributed by atoms with van der Waals surface area (Å²) in [6.07, 6.45) is 4.08. The Kier molecular flexibility index (Phi) is 3.64. The van der Waals surface area contributed by atoms with E-state index < -0.39 is 0 Å². The third-order valence-electron chi connectivity index (χ3n) is 3.81. The van der Waals surface area contributed by atoms with E-state index in [9.17, 15) is 4.79 Å². The summed E-state index contributed by atoms with van der Waals surface area (Å²) in [5, 5.41) is 7.61. The van der Waals surface area contributed by atoms with Crippen LogP contribution in [0.3, 0.4) is 0 Å². The molecule has 0 aliphatic carbocycles. The summed E-state index contributed by atoms with van der Waals surface area (Å²) in [7, 11) is 0. The Labute approximate surface area is 122 Å². The number of aryl methyl sites for hydroxylation is 1. The molecule has 21 heavy (non-hydrogen) atoms. The van der Waals surface area contributed by atoms with Crippen molar-refractivity contribution < 1.29 is 13.6 Å². The maximum absolute atomic E-state index is 12.6. The van der Waals surface area contributed by atoms with E-state index in [0.29, 0.717) is 24.4 Å². The normalized spacial score (nSPS) is 18.9. The first-order chi connectivity index (χ1) is 10.2. The standard InChI is InChI=1S/C14H18N4O3/c1-2-11-10(5-7-20-11)13(19)18-6-3-4-9(8-18)12-16-17-14(15)21-12/h5,7,9H,2-4,6,8H2,1H3,(H2,15,17). The Bertz CT molecular complexity index is 634. The number of hydrogen-bond acceptors (Lipinski definition) is 6. The second-order valence-corrected chi connectivity index (χ2v) is 5.18. The molecular weight excluding hydrogens is 272 g/mol. The molecule has 2 N–H and O–H groups in total. The summed E-state index contributed by atoms with van der Waals surface area (Å²) in [4.78, 5) is 14.4. The highest BCUT2D eigenvalue weighted by Gasteiger charge is 2.30. The lowest BCUT2D eigenvalue weighted by molar-refractivity contribution is 0.0696. The molecule has 1 unspecified atom stereocenters. The van der Waals surface area contributed by atoms with Gasteiger partial charge in [0.1, 0.15) is 5.76 Å². The van der Waals surface area contributed by atoms with Crippen molar-refractivity contribution in [1.82, 2.24) is 15.1 Å². The highest BCUT2D eigenvalue weighted by molar-refractivity contribution is 5.95. The van der Waals surface area contributed by atoms with Gasteiger partial charge in [0.25, 0.3) is 5.91 Å². The van der Waals surface area contributed by atoms with E-state index in [4.69, 9.17) is 14.6 Å². The molecular formula is C14H18N4O3. The summed E-state index contributed by atoms with van der Waals surface area (Å²) >= 11 is 0. The Morgan fingerprint density at radius 3 is 3.10 bits per heavy atom. The van der Waals surface area contributed by atoms with Crippen LogP contribution in [0.1, 0.15) is 47.7 Å². The van der Waals surface area contributed by atoms with E-state index in [0.717, 1.165) is 25.1 Å². The van der Waals surface area contributed by atoms with Crippen LogP contribution in [-0.4, -0.2) is 34.1 Å². The first kappa shape index (κ1) is 13.7. The number of aromatic nitrogens is 2. The Hall–Kier alpha value is -2.31. The maximum Gasteiger partial charge on any atom is 0.312 e. The monoisotopic (exact) mass is 290 g/mol. The predicted molar refractivity (Wildman–Crippen MR) is 74.7 cm³/mol. The van der Waals surface area contributed by atoms with Gasteiger partial charge in [0.2, 0.25) is 5.89 Å². The van der Waals surface area contributed by atoms with Crippen molar-refractivity contribution in [3.63, 3.8) is 0 Å². The zero-order valence-corrected chi connectivity index (χ0v) is 11.9. The summed E-state index contributed by atoms with van der Waals surface area (Å²) in [6.45, 7) is 3.26. The van der Waals surface area contributed by atoms with Gasteiger partial charge in [-0.1, -0.05) is 12.0 Å². The zero-order valence-electron chi connectivity index (χ0n) is 11.9. The van der Waals surface area contributed by atoms with Gasteiger partial charge in [0, 0.05) is 19.5 Å². The van der Waals surface area contributed by atoms with E-state index in [1.807, 2.05) is 11.8 Å². The quantitative estimate of drug-likeness (QED) is 0.925. The number of carbonyl (C=O) groups is 1. The topological polar surface area (TPSA) is 98.4 Å². The van der Waals surface area contributed by atoms with Crippen molar-refractivity contribution in [3.8, 4) is 0 Å².